The van der Waals surface area contributed by atoms with E-state index in [1.807, 2.05) is 0 Å². The quantitative estimate of drug-likeness (QED) is 0.619. The van der Waals surface area contributed by atoms with Crippen molar-refractivity contribution in [2.75, 3.05) is 19.6 Å². The lowest BCUT2D eigenvalue weighted by atomic mass is 10.0. The molecule has 0 aliphatic carbocycles. The number of nitrogens with one attached hydrogen (secondary N) is 1. The molecule has 1 N–H and O–H groups in total. The Balaban J connectivity index is 1.72. The Kier molecular flexibility index (Phi) is 4.72. The van der Waals surface area contributed by atoms with Crippen molar-refractivity contribution < 1.29 is 0 Å². The number of nitrogens with zero attached hydrogens (tertiary/aromatic N) is 1. The highest BCUT2D eigenvalue weighted by molar-refractivity contribution is 9.10. The Bertz CT molecular complexity index is 816. The number of hydrogen-bond donors (Lipinski definition) is 1. The van der Waals surface area contributed by atoms with Gasteiger partial charge in [-0.2, -0.15) is 0 Å². The number of aromatic nitrogens is 1. The monoisotopic (exact) mass is 382 g/mol. The van der Waals surface area contributed by atoms with Gasteiger partial charge in [-0.3, -0.25) is 0 Å². The maximum atomic E-state index is 3.70. The largest absolute Gasteiger partial charge is 0.353 e. The molecule has 24 heavy (non-hydrogen) atoms. The van der Waals surface area contributed by atoms with Gasteiger partial charge in [0.2, 0.25) is 0 Å². The van der Waals surface area contributed by atoms with E-state index in [-0.39, 0.29) is 0 Å². The number of H-pyrrole nitrogens is 1. The van der Waals surface area contributed by atoms with Gasteiger partial charge in [0.1, 0.15) is 0 Å². The fraction of sp³-hybridized carbons (Fsp3) is 0.333. The first kappa shape index (κ1) is 15.9. The molecular weight excluding hydrogens is 360 g/mol. The first-order chi connectivity index (χ1) is 11.8. The summed E-state index contributed by atoms with van der Waals surface area (Å²) >= 11 is 3.70. The summed E-state index contributed by atoms with van der Waals surface area (Å²) in [7, 11) is 0. The van der Waals surface area contributed by atoms with E-state index in [0.29, 0.717) is 0 Å². The normalized spacial score (nSPS) is 15.9. The molecule has 1 saturated heterocycles. The number of halogens is 1. The Morgan fingerprint density at radius 2 is 1.71 bits per heavy atom. The topological polar surface area (TPSA) is 19.0 Å². The maximum Gasteiger partial charge on any atom is 0.0606 e. The molecule has 0 bridgehead atoms. The molecule has 1 fully saturated rings. The standard InChI is InChI=1S/C21H23BrN2/c22-19-11-7-10-17-18(12-15-24-13-5-2-6-14-24)20(23-21(17)19)16-8-3-1-4-9-16/h1,3-4,7-11,23H,2,5-6,12-15H2. The molecule has 3 heteroatoms. The van der Waals surface area contributed by atoms with Gasteiger partial charge in [0.05, 0.1) is 5.52 Å². The van der Waals surface area contributed by atoms with Crippen molar-refractivity contribution in [3.8, 4) is 11.3 Å². The third kappa shape index (κ3) is 3.15. The highest BCUT2D eigenvalue weighted by Gasteiger charge is 2.16. The predicted octanol–water partition coefficient (Wildman–Crippen LogP) is 5.63. The fourth-order valence-corrected chi connectivity index (χ4v) is 4.27. The van der Waals surface area contributed by atoms with Crippen LogP contribution in [0.25, 0.3) is 22.2 Å². The molecule has 124 valence electrons. The van der Waals surface area contributed by atoms with Gasteiger partial charge in [-0.05, 0) is 65.5 Å². The molecule has 2 nitrogen and oxygen atoms in total. The van der Waals surface area contributed by atoms with Crippen molar-refractivity contribution in [3.63, 3.8) is 0 Å². The molecule has 1 aliphatic heterocycles. The summed E-state index contributed by atoms with van der Waals surface area (Å²) in [4.78, 5) is 6.29. The summed E-state index contributed by atoms with van der Waals surface area (Å²) in [6.45, 7) is 3.67. The van der Waals surface area contributed by atoms with Crippen molar-refractivity contribution in [2.24, 2.45) is 0 Å². The summed E-state index contributed by atoms with van der Waals surface area (Å²) in [5.74, 6) is 0. The Morgan fingerprint density at radius 3 is 2.50 bits per heavy atom. The van der Waals surface area contributed by atoms with Crippen LogP contribution in [0.5, 0.6) is 0 Å². The van der Waals surface area contributed by atoms with Crippen molar-refractivity contribution in [2.45, 2.75) is 25.7 Å². The third-order valence-electron chi connectivity index (χ3n) is 5.08. The second-order valence-corrected chi connectivity index (χ2v) is 7.51. The van der Waals surface area contributed by atoms with Gasteiger partial charge in [-0.25, -0.2) is 0 Å². The van der Waals surface area contributed by atoms with Gasteiger partial charge >= 0.3 is 0 Å². The molecule has 3 aromatic rings. The van der Waals surface area contributed by atoms with Crippen molar-refractivity contribution >= 4 is 26.8 Å². The Morgan fingerprint density at radius 1 is 0.917 bits per heavy atom. The van der Waals surface area contributed by atoms with E-state index >= 15 is 0 Å². The van der Waals surface area contributed by atoms with Crippen LogP contribution in [0, 0.1) is 0 Å². The van der Waals surface area contributed by atoms with Gasteiger partial charge in [0.25, 0.3) is 0 Å². The number of aromatic amines is 1. The summed E-state index contributed by atoms with van der Waals surface area (Å²) in [6.07, 6.45) is 5.20. The average Bonchev–Trinajstić information content (AvgIpc) is 3.02. The van der Waals surface area contributed by atoms with E-state index in [0.717, 1.165) is 17.4 Å². The lowest BCUT2D eigenvalue weighted by Crippen LogP contribution is -2.31. The van der Waals surface area contributed by atoms with Crippen LogP contribution in [-0.4, -0.2) is 29.5 Å². The van der Waals surface area contributed by atoms with Crippen molar-refractivity contribution in [1.29, 1.82) is 0 Å². The van der Waals surface area contributed by atoms with Gasteiger partial charge < -0.3 is 9.88 Å². The molecule has 0 saturated carbocycles. The lowest BCUT2D eigenvalue weighted by Gasteiger charge is -2.26. The first-order valence-corrected chi connectivity index (χ1v) is 9.69. The van der Waals surface area contributed by atoms with Crippen LogP contribution < -0.4 is 0 Å². The molecule has 4 rings (SSSR count). The van der Waals surface area contributed by atoms with Gasteiger partial charge in [-0.1, -0.05) is 48.9 Å². The van der Waals surface area contributed by atoms with Crippen molar-refractivity contribution in [3.05, 3.63) is 58.6 Å². The van der Waals surface area contributed by atoms with E-state index in [2.05, 4.69) is 74.3 Å². The van der Waals surface area contributed by atoms with Crippen LogP contribution >= 0.6 is 15.9 Å². The van der Waals surface area contributed by atoms with E-state index < -0.39 is 0 Å². The summed E-state index contributed by atoms with van der Waals surface area (Å²) in [5, 5.41) is 1.35. The number of para-hydroxylation sites is 1. The number of piperidine rings is 1. The van der Waals surface area contributed by atoms with Crippen LogP contribution in [0.3, 0.4) is 0 Å². The van der Waals surface area contributed by atoms with Crippen molar-refractivity contribution in [1.82, 2.24) is 9.88 Å². The molecule has 1 aromatic heterocycles. The smallest absolute Gasteiger partial charge is 0.0606 e. The van der Waals surface area contributed by atoms with Crippen LogP contribution in [0.15, 0.2) is 53.0 Å². The fourth-order valence-electron chi connectivity index (χ4n) is 3.80. The predicted molar refractivity (Wildman–Crippen MR) is 105 cm³/mol. The Hall–Kier alpha value is -1.58. The SMILES string of the molecule is Brc1cccc2c(CCN3CCCCC3)c(-c3ccccc3)[nH]c12. The Labute approximate surface area is 152 Å². The van der Waals surface area contributed by atoms with Gasteiger partial charge in [0.15, 0.2) is 0 Å². The molecule has 2 heterocycles. The van der Waals surface area contributed by atoms with Crippen LogP contribution in [0.4, 0.5) is 0 Å². The number of fused-ring (bicyclic) bond motifs is 1. The minimum Gasteiger partial charge on any atom is -0.353 e. The highest BCUT2D eigenvalue weighted by atomic mass is 79.9. The number of likely N-dealkylation sites (tertiary alicyclic amines) is 1. The molecule has 0 spiro atoms. The van der Waals surface area contributed by atoms with Crippen LogP contribution in [-0.2, 0) is 6.42 Å². The molecular formula is C21H23BrN2. The molecule has 1 aliphatic rings. The summed E-state index contributed by atoms with van der Waals surface area (Å²) < 4.78 is 1.14. The second-order valence-electron chi connectivity index (χ2n) is 6.66. The zero-order valence-electron chi connectivity index (χ0n) is 13.9. The first-order valence-electron chi connectivity index (χ1n) is 8.90. The maximum absolute atomic E-state index is 3.70. The van der Waals surface area contributed by atoms with Gasteiger partial charge in [-0.15, -0.1) is 0 Å². The minimum atomic E-state index is 1.10. The third-order valence-corrected chi connectivity index (χ3v) is 5.74. The van der Waals surface area contributed by atoms with E-state index in [4.69, 9.17) is 0 Å². The lowest BCUT2D eigenvalue weighted by molar-refractivity contribution is 0.232. The summed E-state index contributed by atoms with van der Waals surface area (Å²) in [6, 6.07) is 17.2. The van der Waals surface area contributed by atoms with E-state index in [9.17, 15) is 0 Å². The number of benzene rings is 2. The number of hydrogen-bond acceptors (Lipinski definition) is 1. The van der Waals surface area contributed by atoms with Crippen LogP contribution in [0.1, 0.15) is 24.8 Å². The van der Waals surface area contributed by atoms with Crippen LogP contribution in [0.2, 0.25) is 0 Å². The number of rotatable bonds is 4. The summed E-state index contributed by atoms with van der Waals surface area (Å²) in [5.41, 5.74) is 5.21. The molecule has 0 radical (unpaired) electrons. The minimum absolute atomic E-state index is 1.10. The highest BCUT2D eigenvalue weighted by Crippen LogP contribution is 2.34. The molecule has 0 atom stereocenters. The van der Waals surface area contributed by atoms with Gasteiger partial charge in [0, 0.05) is 22.1 Å². The van der Waals surface area contributed by atoms with E-state index in [1.165, 1.54) is 60.1 Å². The molecule has 2 aromatic carbocycles. The zero-order valence-corrected chi connectivity index (χ0v) is 15.5. The average molecular weight is 383 g/mol. The second kappa shape index (κ2) is 7.12. The van der Waals surface area contributed by atoms with E-state index in [1.54, 1.807) is 0 Å². The zero-order chi connectivity index (χ0) is 16.4. The molecule has 0 unspecified atom stereocenters. The molecule has 0 amide bonds.